The van der Waals surface area contributed by atoms with E-state index >= 15 is 0 Å². The van der Waals surface area contributed by atoms with Gasteiger partial charge in [0, 0.05) is 6.42 Å². The lowest BCUT2D eigenvalue weighted by Crippen LogP contribution is -2.37. The van der Waals surface area contributed by atoms with E-state index in [0.29, 0.717) is 18.3 Å². The molecule has 0 aromatic carbocycles. The van der Waals surface area contributed by atoms with E-state index < -0.39 is 0 Å². The summed E-state index contributed by atoms with van der Waals surface area (Å²) in [5.41, 5.74) is 5.95. The topological polar surface area (TPSA) is 43.1 Å². The van der Waals surface area contributed by atoms with Gasteiger partial charge in [-0.3, -0.25) is 4.79 Å². The van der Waals surface area contributed by atoms with Crippen LogP contribution in [0.2, 0.25) is 0 Å². The zero-order valence-corrected chi connectivity index (χ0v) is 11.5. The second-order valence-electron chi connectivity index (χ2n) is 5.00. The third kappa shape index (κ3) is 5.64. The Labute approximate surface area is 101 Å². The van der Waals surface area contributed by atoms with Gasteiger partial charge < -0.3 is 5.73 Å². The highest BCUT2D eigenvalue weighted by Gasteiger charge is 2.21. The summed E-state index contributed by atoms with van der Waals surface area (Å²) in [5, 5.41) is 0. The minimum atomic E-state index is -0.249. The van der Waals surface area contributed by atoms with Crippen LogP contribution in [-0.4, -0.2) is 11.8 Å². The van der Waals surface area contributed by atoms with Gasteiger partial charge in [-0.15, -0.1) is 0 Å². The van der Waals surface area contributed by atoms with Crippen LogP contribution in [-0.2, 0) is 4.79 Å². The van der Waals surface area contributed by atoms with Gasteiger partial charge in [-0.05, 0) is 11.8 Å². The lowest BCUT2D eigenvalue weighted by Gasteiger charge is -2.20. The van der Waals surface area contributed by atoms with E-state index in [1.165, 1.54) is 19.3 Å². The van der Waals surface area contributed by atoms with Gasteiger partial charge in [0.2, 0.25) is 0 Å². The molecule has 0 aliphatic carbocycles. The molecular formula is C14H29NO. The Balaban J connectivity index is 4.08. The van der Waals surface area contributed by atoms with Crippen molar-refractivity contribution < 1.29 is 4.79 Å². The van der Waals surface area contributed by atoms with Crippen molar-refractivity contribution in [2.75, 3.05) is 0 Å². The summed E-state index contributed by atoms with van der Waals surface area (Å²) in [6, 6.07) is -0.249. The second-order valence-corrected chi connectivity index (χ2v) is 5.00. The summed E-state index contributed by atoms with van der Waals surface area (Å²) in [6.07, 6.45) is 6.37. The molecule has 0 bridgehead atoms. The molecule has 0 spiro atoms. The standard InChI is InChI=1S/C14H29NO/c1-5-8-9-12(7-3)10-13(16)14(15)11(4)6-2/h11-12,14H,5-10,15H2,1-4H3. The largest absolute Gasteiger partial charge is 0.321 e. The van der Waals surface area contributed by atoms with Crippen molar-refractivity contribution in [3.63, 3.8) is 0 Å². The van der Waals surface area contributed by atoms with Gasteiger partial charge in [-0.1, -0.05) is 59.8 Å². The van der Waals surface area contributed by atoms with Crippen LogP contribution in [0.15, 0.2) is 0 Å². The highest BCUT2D eigenvalue weighted by atomic mass is 16.1. The summed E-state index contributed by atoms with van der Waals surface area (Å²) in [7, 11) is 0. The third-order valence-corrected chi connectivity index (χ3v) is 3.66. The summed E-state index contributed by atoms with van der Waals surface area (Å²) in [6.45, 7) is 8.52. The minimum absolute atomic E-state index is 0.249. The molecular weight excluding hydrogens is 198 g/mol. The van der Waals surface area contributed by atoms with Gasteiger partial charge in [-0.2, -0.15) is 0 Å². The number of carbonyl (C=O) groups is 1. The molecule has 0 rings (SSSR count). The molecule has 2 N–H and O–H groups in total. The molecule has 0 aliphatic heterocycles. The molecule has 0 heterocycles. The molecule has 0 saturated heterocycles. The van der Waals surface area contributed by atoms with Crippen molar-refractivity contribution in [1.82, 2.24) is 0 Å². The molecule has 0 fully saturated rings. The van der Waals surface area contributed by atoms with Crippen LogP contribution in [0.3, 0.4) is 0 Å². The number of hydrogen-bond acceptors (Lipinski definition) is 2. The molecule has 96 valence electrons. The molecule has 0 aromatic rings. The lowest BCUT2D eigenvalue weighted by molar-refractivity contribution is -0.122. The first-order valence-corrected chi connectivity index (χ1v) is 6.84. The molecule has 0 amide bonds. The van der Waals surface area contributed by atoms with E-state index in [0.717, 1.165) is 12.8 Å². The highest BCUT2D eigenvalue weighted by Crippen LogP contribution is 2.19. The summed E-state index contributed by atoms with van der Waals surface area (Å²) in [4.78, 5) is 12.0. The number of rotatable bonds is 9. The van der Waals surface area contributed by atoms with Crippen molar-refractivity contribution in [2.45, 2.75) is 72.3 Å². The van der Waals surface area contributed by atoms with E-state index in [2.05, 4.69) is 27.7 Å². The SMILES string of the molecule is CCCCC(CC)CC(=O)C(N)C(C)CC. The third-order valence-electron chi connectivity index (χ3n) is 3.66. The monoisotopic (exact) mass is 227 g/mol. The van der Waals surface area contributed by atoms with E-state index in [4.69, 9.17) is 5.73 Å². The summed E-state index contributed by atoms with van der Waals surface area (Å²) in [5.74, 6) is 1.12. The first-order chi connectivity index (χ1) is 7.56. The van der Waals surface area contributed by atoms with Crippen molar-refractivity contribution >= 4 is 5.78 Å². The maximum absolute atomic E-state index is 12.0. The molecule has 0 aromatic heterocycles. The smallest absolute Gasteiger partial charge is 0.150 e. The van der Waals surface area contributed by atoms with E-state index in [-0.39, 0.29) is 11.8 Å². The average molecular weight is 227 g/mol. The van der Waals surface area contributed by atoms with Gasteiger partial charge in [0.15, 0.2) is 0 Å². The van der Waals surface area contributed by atoms with E-state index in [1.807, 2.05) is 0 Å². The van der Waals surface area contributed by atoms with Crippen LogP contribution in [0.1, 0.15) is 66.2 Å². The van der Waals surface area contributed by atoms with Crippen LogP contribution in [0.4, 0.5) is 0 Å². The molecule has 3 unspecified atom stereocenters. The lowest BCUT2D eigenvalue weighted by atomic mass is 9.87. The highest BCUT2D eigenvalue weighted by molar-refractivity contribution is 5.84. The van der Waals surface area contributed by atoms with E-state index in [1.54, 1.807) is 0 Å². The number of hydrogen-bond donors (Lipinski definition) is 1. The van der Waals surface area contributed by atoms with Gasteiger partial charge >= 0.3 is 0 Å². The Bertz CT molecular complexity index is 191. The van der Waals surface area contributed by atoms with Crippen LogP contribution < -0.4 is 5.73 Å². The van der Waals surface area contributed by atoms with Crippen LogP contribution in [0, 0.1) is 11.8 Å². The number of ketones is 1. The van der Waals surface area contributed by atoms with Crippen molar-refractivity contribution in [1.29, 1.82) is 0 Å². The van der Waals surface area contributed by atoms with Crippen LogP contribution in [0.5, 0.6) is 0 Å². The number of Topliss-reactive ketones (excluding diaryl/α,β-unsaturated/α-hetero) is 1. The Hall–Kier alpha value is -0.370. The Morgan fingerprint density at radius 3 is 2.25 bits per heavy atom. The van der Waals surface area contributed by atoms with Crippen molar-refractivity contribution in [3.8, 4) is 0 Å². The zero-order chi connectivity index (χ0) is 12.6. The fourth-order valence-electron chi connectivity index (χ4n) is 1.94. The number of carbonyl (C=O) groups excluding carboxylic acids is 1. The zero-order valence-electron chi connectivity index (χ0n) is 11.5. The summed E-state index contributed by atoms with van der Waals surface area (Å²) >= 11 is 0. The first-order valence-electron chi connectivity index (χ1n) is 6.84. The predicted molar refractivity (Wildman–Crippen MR) is 70.4 cm³/mol. The Morgan fingerprint density at radius 2 is 1.81 bits per heavy atom. The number of unbranched alkanes of at least 4 members (excludes halogenated alkanes) is 1. The minimum Gasteiger partial charge on any atom is -0.321 e. The number of nitrogens with two attached hydrogens (primary N) is 1. The fourth-order valence-corrected chi connectivity index (χ4v) is 1.94. The second kappa shape index (κ2) is 8.74. The Kier molecular flexibility index (Phi) is 8.54. The molecule has 2 heteroatoms. The van der Waals surface area contributed by atoms with E-state index in [9.17, 15) is 4.79 Å². The van der Waals surface area contributed by atoms with Crippen molar-refractivity contribution in [3.05, 3.63) is 0 Å². The molecule has 0 saturated carbocycles. The van der Waals surface area contributed by atoms with Crippen LogP contribution >= 0.6 is 0 Å². The van der Waals surface area contributed by atoms with Crippen molar-refractivity contribution in [2.24, 2.45) is 17.6 Å². The average Bonchev–Trinajstić information content (AvgIpc) is 2.31. The van der Waals surface area contributed by atoms with Gasteiger partial charge in [0.25, 0.3) is 0 Å². The quantitative estimate of drug-likeness (QED) is 0.654. The first kappa shape index (κ1) is 15.6. The predicted octanol–water partition coefficient (Wildman–Crippen LogP) is 3.54. The summed E-state index contributed by atoms with van der Waals surface area (Å²) < 4.78 is 0. The maximum Gasteiger partial charge on any atom is 0.150 e. The van der Waals surface area contributed by atoms with Gasteiger partial charge in [-0.25, -0.2) is 0 Å². The Morgan fingerprint density at radius 1 is 1.19 bits per heavy atom. The molecule has 0 radical (unpaired) electrons. The molecule has 2 nitrogen and oxygen atoms in total. The van der Waals surface area contributed by atoms with Crippen LogP contribution in [0.25, 0.3) is 0 Å². The fraction of sp³-hybridized carbons (Fsp3) is 0.929. The molecule has 3 atom stereocenters. The normalized spacial score (nSPS) is 16.8. The van der Waals surface area contributed by atoms with Gasteiger partial charge in [0.1, 0.15) is 5.78 Å². The maximum atomic E-state index is 12.0. The molecule has 16 heavy (non-hydrogen) atoms. The molecule has 0 aliphatic rings. The van der Waals surface area contributed by atoms with Gasteiger partial charge in [0.05, 0.1) is 6.04 Å².